The van der Waals surface area contributed by atoms with Crippen molar-refractivity contribution in [3.05, 3.63) is 0 Å². The van der Waals surface area contributed by atoms with E-state index in [2.05, 4.69) is 16.7 Å². The van der Waals surface area contributed by atoms with Crippen molar-refractivity contribution < 1.29 is 10.2 Å². The van der Waals surface area contributed by atoms with Gasteiger partial charge in [-0.1, -0.05) is 6.92 Å². The Bertz CT molecular complexity index is 136. The molecule has 0 bridgehead atoms. The van der Waals surface area contributed by atoms with Crippen molar-refractivity contribution in [3.63, 3.8) is 0 Å². The highest BCUT2D eigenvalue weighted by atomic mass is 16.3. The summed E-state index contributed by atoms with van der Waals surface area (Å²) < 4.78 is 0. The molecule has 78 valence electrons. The summed E-state index contributed by atoms with van der Waals surface area (Å²) in [6, 6.07) is 0. The molecule has 4 nitrogen and oxygen atoms in total. The molecule has 1 aliphatic heterocycles. The molecule has 1 heterocycles. The van der Waals surface area contributed by atoms with Crippen molar-refractivity contribution in [1.29, 1.82) is 0 Å². The van der Waals surface area contributed by atoms with Crippen molar-refractivity contribution >= 4 is 0 Å². The number of likely N-dealkylation sites (N-methyl/N-ethyl adjacent to an activating group) is 1. The average Bonchev–Trinajstić information content (AvgIpc) is 2.19. The number of hydrogen-bond acceptors (Lipinski definition) is 4. The van der Waals surface area contributed by atoms with Crippen LogP contribution in [0.5, 0.6) is 0 Å². The normalized spacial score (nSPS) is 23.3. The smallest absolute Gasteiger partial charge is 0.0897 e. The van der Waals surface area contributed by atoms with E-state index in [9.17, 15) is 5.11 Å². The molecule has 0 aromatic heterocycles. The minimum absolute atomic E-state index is 0.131. The first-order chi connectivity index (χ1) is 6.26. The number of aliphatic hydroxyl groups excluding tert-OH is 2. The molecule has 0 spiro atoms. The van der Waals surface area contributed by atoms with Crippen molar-refractivity contribution in [2.45, 2.75) is 13.0 Å². The Morgan fingerprint density at radius 3 is 2.15 bits per heavy atom. The maximum Gasteiger partial charge on any atom is 0.0897 e. The highest BCUT2D eigenvalue weighted by molar-refractivity contribution is 4.72. The van der Waals surface area contributed by atoms with Gasteiger partial charge in [0.2, 0.25) is 0 Å². The maximum absolute atomic E-state index is 9.23. The predicted octanol–water partition coefficient (Wildman–Crippen LogP) is -1.02. The lowest BCUT2D eigenvalue weighted by Gasteiger charge is -2.34. The summed E-state index contributed by atoms with van der Waals surface area (Å²) in [5.41, 5.74) is 0. The zero-order chi connectivity index (χ0) is 9.68. The Morgan fingerprint density at radius 1 is 1.15 bits per heavy atom. The van der Waals surface area contributed by atoms with Crippen LogP contribution in [-0.4, -0.2) is 72.0 Å². The van der Waals surface area contributed by atoms with Crippen molar-refractivity contribution in [3.8, 4) is 0 Å². The molecule has 4 heteroatoms. The van der Waals surface area contributed by atoms with Crippen molar-refractivity contribution in [2.24, 2.45) is 0 Å². The van der Waals surface area contributed by atoms with Gasteiger partial charge in [-0.25, -0.2) is 0 Å². The third-order valence-corrected chi connectivity index (χ3v) is 2.59. The minimum Gasteiger partial charge on any atom is -0.394 e. The topological polar surface area (TPSA) is 46.9 Å². The molecule has 0 saturated carbocycles. The molecule has 0 aromatic carbocycles. The standard InChI is InChI=1S/C9H20N2O2/c1-2-10-3-5-11(6-4-10)7-9(13)8-12/h9,12-13H,2-8H2,1H3. The molecule has 1 atom stereocenters. The van der Waals surface area contributed by atoms with Gasteiger partial charge in [-0.3, -0.25) is 4.90 Å². The largest absolute Gasteiger partial charge is 0.394 e. The van der Waals surface area contributed by atoms with E-state index in [0.29, 0.717) is 6.54 Å². The monoisotopic (exact) mass is 188 g/mol. The van der Waals surface area contributed by atoms with E-state index >= 15 is 0 Å². The van der Waals surface area contributed by atoms with Gasteiger partial charge in [0.1, 0.15) is 0 Å². The van der Waals surface area contributed by atoms with Crippen LogP contribution < -0.4 is 0 Å². The highest BCUT2D eigenvalue weighted by Gasteiger charge is 2.17. The molecule has 1 fully saturated rings. The van der Waals surface area contributed by atoms with Gasteiger partial charge in [-0.05, 0) is 6.54 Å². The quantitative estimate of drug-likeness (QED) is 0.593. The zero-order valence-electron chi connectivity index (χ0n) is 8.32. The van der Waals surface area contributed by atoms with Crippen LogP contribution >= 0.6 is 0 Å². The molecule has 2 N–H and O–H groups in total. The number of β-amino-alcohol motifs (C(OH)–C–C–N with tert-alkyl or cyclic N) is 1. The van der Waals surface area contributed by atoms with E-state index in [1.54, 1.807) is 0 Å². The number of hydrogen-bond donors (Lipinski definition) is 2. The number of piperazine rings is 1. The van der Waals surface area contributed by atoms with E-state index in [-0.39, 0.29) is 6.61 Å². The highest BCUT2D eigenvalue weighted by Crippen LogP contribution is 2.01. The van der Waals surface area contributed by atoms with Crippen molar-refractivity contribution in [1.82, 2.24) is 9.80 Å². The van der Waals surface area contributed by atoms with Crippen LogP contribution in [0.3, 0.4) is 0 Å². The fourth-order valence-electron chi connectivity index (χ4n) is 1.64. The van der Waals surface area contributed by atoms with E-state index in [1.165, 1.54) is 0 Å². The van der Waals surface area contributed by atoms with Crippen LogP contribution in [0.1, 0.15) is 6.92 Å². The first-order valence-corrected chi connectivity index (χ1v) is 5.00. The maximum atomic E-state index is 9.23. The summed E-state index contributed by atoms with van der Waals surface area (Å²) in [4.78, 5) is 4.59. The Labute approximate surface area is 79.8 Å². The second-order valence-electron chi connectivity index (χ2n) is 3.57. The number of rotatable bonds is 4. The summed E-state index contributed by atoms with van der Waals surface area (Å²) in [5, 5.41) is 17.9. The summed E-state index contributed by atoms with van der Waals surface area (Å²) in [6.45, 7) is 7.91. The molecule has 1 saturated heterocycles. The molecule has 0 amide bonds. The predicted molar refractivity (Wildman–Crippen MR) is 51.6 cm³/mol. The molecule has 13 heavy (non-hydrogen) atoms. The molecular weight excluding hydrogens is 168 g/mol. The van der Waals surface area contributed by atoms with Crippen LogP contribution in [0.4, 0.5) is 0 Å². The van der Waals surface area contributed by atoms with Gasteiger partial charge >= 0.3 is 0 Å². The molecule has 1 rings (SSSR count). The summed E-state index contributed by atoms with van der Waals surface area (Å²) in [6.07, 6.45) is -0.576. The van der Waals surface area contributed by atoms with Crippen LogP contribution in [0.2, 0.25) is 0 Å². The summed E-state index contributed by atoms with van der Waals surface area (Å²) in [5.74, 6) is 0. The fourth-order valence-corrected chi connectivity index (χ4v) is 1.64. The minimum atomic E-state index is -0.576. The third kappa shape index (κ3) is 3.60. The lowest BCUT2D eigenvalue weighted by atomic mass is 10.2. The van der Waals surface area contributed by atoms with Gasteiger partial charge < -0.3 is 15.1 Å². The van der Waals surface area contributed by atoms with Gasteiger partial charge in [-0.2, -0.15) is 0 Å². The first kappa shape index (κ1) is 10.9. The van der Waals surface area contributed by atoms with Gasteiger partial charge in [0.25, 0.3) is 0 Å². The van der Waals surface area contributed by atoms with Gasteiger partial charge in [0.05, 0.1) is 12.7 Å². The molecule has 0 aliphatic carbocycles. The van der Waals surface area contributed by atoms with Crippen LogP contribution in [0, 0.1) is 0 Å². The average molecular weight is 188 g/mol. The second kappa shape index (κ2) is 5.54. The first-order valence-electron chi connectivity index (χ1n) is 5.00. The van der Waals surface area contributed by atoms with Gasteiger partial charge in [0, 0.05) is 32.7 Å². The van der Waals surface area contributed by atoms with Crippen LogP contribution in [-0.2, 0) is 0 Å². The lowest BCUT2D eigenvalue weighted by molar-refractivity contribution is 0.0404. The van der Waals surface area contributed by atoms with Crippen LogP contribution in [0.15, 0.2) is 0 Å². The Balaban J connectivity index is 2.17. The Hall–Kier alpha value is -0.160. The zero-order valence-corrected chi connectivity index (χ0v) is 8.32. The Morgan fingerprint density at radius 2 is 1.69 bits per heavy atom. The molecule has 0 aromatic rings. The second-order valence-corrected chi connectivity index (χ2v) is 3.57. The number of aliphatic hydroxyl groups is 2. The lowest BCUT2D eigenvalue weighted by Crippen LogP contribution is -2.48. The SMILES string of the molecule is CCN1CCN(CC(O)CO)CC1. The summed E-state index contributed by atoms with van der Waals surface area (Å²) >= 11 is 0. The van der Waals surface area contributed by atoms with E-state index in [1.807, 2.05) is 0 Å². The molecule has 1 aliphatic rings. The molecule has 0 radical (unpaired) electrons. The molecule has 1 unspecified atom stereocenters. The fraction of sp³-hybridized carbons (Fsp3) is 1.00. The number of nitrogens with zero attached hydrogens (tertiary/aromatic N) is 2. The van der Waals surface area contributed by atoms with E-state index in [4.69, 9.17) is 5.11 Å². The Kier molecular flexibility index (Phi) is 4.66. The van der Waals surface area contributed by atoms with E-state index < -0.39 is 6.10 Å². The molecular formula is C9H20N2O2. The van der Waals surface area contributed by atoms with Crippen molar-refractivity contribution in [2.75, 3.05) is 45.9 Å². The van der Waals surface area contributed by atoms with Crippen LogP contribution in [0.25, 0.3) is 0 Å². The summed E-state index contributed by atoms with van der Waals surface area (Å²) in [7, 11) is 0. The van der Waals surface area contributed by atoms with Gasteiger partial charge in [-0.15, -0.1) is 0 Å². The van der Waals surface area contributed by atoms with E-state index in [0.717, 1.165) is 32.7 Å². The third-order valence-electron chi connectivity index (χ3n) is 2.59. The van der Waals surface area contributed by atoms with Gasteiger partial charge in [0.15, 0.2) is 0 Å².